The second kappa shape index (κ2) is 4.70. The normalized spacial score (nSPS) is 20.5. The van der Waals surface area contributed by atoms with Crippen LogP contribution in [0.4, 0.5) is 0 Å². The number of hydrogen-bond acceptors (Lipinski definition) is 3. The Labute approximate surface area is 112 Å². The third-order valence-electron chi connectivity index (χ3n) is 2.30. The highest BCUT2D eigenvalue weighted by Crippen LogP contribution is 2.45. The van der Waals surface area contributed by atoms with Crippen LogP contribution in [0.15, 0.2) is 0 Å². The van der Waals surface area contributed by atoms with Crippen molar-refractivity contribution in [3.8, 4) is 0 Å². The molecule has 2 heterocycles. The van der Waals surface area contributed by atoms with E-state index in [9.17, 15) is 4.79 Å². The molecule has 2 rings (SSSR count). The number of carbonyl (C=O) groups is 1. The zero-order valence-electron chi connectivity index (χ0n) is 8.30. The van der Waals surface area contributed by atoms with Gasteiger partial charge in [0, 0.05) is 13.5 Å². The Kier molecular flexibility index (Phi) is 3.66. The molecule has 0 spiro atoms. The second-order valence-corrected chi connectivity index (χ2v) is 5.71. The first-order valence-corrected chi connectivity index (χ1v) is 6.49. The van der Waals surface area contributed by atoms with Crippen molar-refractivity contribution in [2.24, 2.45) is 0 Å². The van der Waals surface area contributed by atoms with Crippen LogP contribution >= 0.6 is 46.1 Å². The Morgan fingerprint density at radius 1 is 1.44 bits per heavy atom. The highest BCUT2D eigenvalue weighted by molar-refractivity contribution is 7.17. The van der Waals surface area contributed by atoms with Gasteiger partial charge in [0.25, 0.3) is 0 Å². The maximum atomic E-state index is 11.4. The summed E-state index contributed by atoms with van der Waals surface area (Å²) in [6.07, 6.45) is -0.458. The summed E-state index contributed by atoms with van der Waals surface area (Å²) in [6.45, 7) is 2.55. The van der Waals surface area contributed by atoms with Crippen LogP contribution in [0.2, 0.25) is 14.4 Å². The quantitative estimate of drug-likeness (QED) is 0.793. The SMILES string of the molecule is CC(=O)N1CCO[C@@H]1c1sc(Cl)c(Cl)c1Cl. The fraction of sp³-hybridized carbons (Fsp3) is 0.444. The van der Waals surface area contributed by atoms with Crippen molar-refractivity contribution in [1.82, 2.24) is 4.90 Å². The number of rotatable bonds is 1. The van der Waals surface area contributed by atoms with Crippen molar-refractivity contribution in [1.29, 1.82) is 0 Å². The van der Waals surface area contributed by atoms with E-state index >= 15 is 0 Å². The minimum absolute atomic E-state index is 0.0563. The predicted molar refractivity (Wildman–Crippen MR) is 65.4 cm³/mol. The molecule has 0 radical (unpaired) electrons. The summed E-state index contributed by atoms with van der Waals surface area (Å²) < 4.78 is 5.89. The number of hydrogen-bond donors (Lipinski definition) is 0. The van der Waals surface area contributed by atoms with Gasteiger partial charge in [-0.1, -0.05) is 34.8 Å². The maximum Gasteiger partial charge on any atom is 0.221 e. The van der Waals surface area contributed by atoms with Gasteiger partial charge in [0.2, 0.25) is 5.91 Å². The zero-order chi connectivity index (χ0) is 11.9. The third-order valence-corrected chi connectivity index (χ3v) is 4.92. The van der Waals surface area contributed by atoms with Crippen LogP contribution in [0.25, 0.3) is 0 Å². The minimum atomic E-state index is -0.458. The van der Waals surface area contributed by atoms with Gasteiger partial charge in [0.05, 0.1) is 21.5 Å². The first-order valence-electron chi connectivity index (χ1n) is 4.54. The number of thiophene rings is 1. The molecule has 1 aliphatic rings. The van der Waals surface area contributed by atoms with E-state index in [1.54, 1.807) is 4.90 Å². The molecule has 1 atom stereocenters. The van der Waals surface area contributed by atoms with Crippen molar-refractivity contribution >= 4 is 52.0 Å². The summed E-state index contributed by atoms with van der Waals surface area (Å²) in [6, 6.07) is 0. The third kappa shape index (κ3) is 2.05. The largest absolute Gasteiger partial charge is 0.351 e. The van der Waals surface area contributed by atoms with E-state index in [2.05, 4.69) is 0 Å². The average Bonchev–Trinajstić information content (AvgIpc) is 2.79. The van der Waals surface area contributed by atoms with E-state index < -0.39 is 6.23 Å². The average molecular weight is 301 g/mol. The molecule has 16 heavy (non-hydrogen) atoms. The lowest BCUT2D eigenvalue weighted by atomic mass is 10.3. The molecule has 0 N–H and O–H groups in total. The van der Waals surface area contributed by atoms with Crippen molar-refractivity contribution < 1.29 is 9.53 Å². The van der Waals surface area contributed by atoms with Crippen LogP contribution in [0.5, 0.6) is 0 Å². The molecule has 0 bridgehead atoms. The Morgan fingerprint density at radius 3 is 2.62 bits per heavy atom. The van der Waals surface area contributed by atoms with Crippen LogP contribution in [0, 0.1) is 0 Å². The molecular weight excluding hydrogens is 293 g/mol. The Hall–Kier alpha value is -0.000000000000000167. The molecule has 0 aliphatic carbocycles. The standard InChI is InChI=1S/C9H8Cl3NO2S/c1-4(14)13-2-3-15-9(13)7-5(10)6(11)8(12)16-7/h9H,2-3H2,1H3/t9-/m1/s1. The molecule has 1 aromatic heterocycles. The van der Waals surface area contributed by atoms with E-state index in [0.29, 0.717) is 32.4 Å². The fourth-order valence-corrected chi connectivity index (χ4v) is 3.45. The topological polar surface area (TPSA) is 29.5 Å². The van der Waals surface area contributed by atoms with E-state index in [-0.39, 0.29) is 5.91 Å². The second-order valence-electron chi connectivity index (χ2n) is 3.30. The Balaban J connectivity index is 2.36. The molecule has 3 nitrogen and oxygen atoms in total. The summed E-state index contributed by atoms with van der Waals surface area (Å²) in [5.74, 6) is -0.0563. The van der Waals surface area contributed by atoms with Gasteiger partial charge >= 0.3 is 0 Å². The van der Waals surface area contributed by atoms with Crippen LogP contribution in [0.3, 0.4) is 0 Å². The molecule has 1 fully saturated rings. The Morgan fingerprint density at radius 2 is 2.12 bits per heavy atom. The molecule has 0 saturated carbocycles. The van der Waals surface area contributed by atoms with E-state index in [4.69, 9.17) is 39.5 Å². The molecule has 1 amide bonds. The summed E-state index contributed by atoms with van der Waals surface area (Å²) in [4.78, 5) is 13.7. The number of halogens is 3. The van der Waals surface area contributed by atoms with Gasteiger partial charge in [0.15, 0.2) is 6.23 Å². The number of nitrogens with zero attached hydrogens (tertiary/aromatic N) is 1. The van der Waals surface area contributed by atoms with Crippen LogP contribution in [-0.2, 0) is 9.53 Å². The predicted octanol–water partition coefficient (Wildman–Crippen LogP) is 3.59. The molecule has 1 aliphatic heterocycles. The number of carbonyl (C=O) groups excluding carboxylic acids is 1. The zero-order valence-corrected chi connectivity index (χ0v) is 11.4. The number of amides is 1. The first-order chi connectivity index (χ1) is 7.52. The summed E-state index contributed by atoms with van der Waals surface area (Å²) in [5, 5.41) is 0.692. The lowest BCUT2D eigenvalue weighted by molar-refractivity contribution is -0.133. The highest BCUT2D eigenvalue weighted by atomic mass is 35.5. The molecule has 1 saturated heterocycles. The smallest absolute Gasteiger partial charge is 0.221 e. The van der Waals surface area contributed by atoms with Gasteiger partial charge in [0.1, 0.15) is 4.34 Å². The summed E-state index contributed by atoms with van der Waals surface area (Å²) >= 11 is 19.1. The lowest BCUT2D eigenvalue weighted by Gasteiger charge is -2.20. The molecule has 0 unspecified atom stereocenters. The first kappa shape index (κ1) is 12.5. The molecular formula is C9H8Cl3NO2S. The minimum Gasteiger partial charge on any atom is -0.351 e. The van der Waals surface area contributed by atoms with Gasteiger partial charge in [-0.15, -0.1) is 11.3 Å². The molecule has 1 aromatic rings. The molecule has 88 valence electrons. The van der Waals surface area contributed by atoms with Crippen molar-refractivity contribution in [3.63, 3.8) is 0 Å². The van der Waals surface area contributed by atoms with Crippen LogP contribution in [-0.4, -0.2) is 24.0 Å². The maximum absolute atomic E-state index is 11.4. The van der Waals surface area contributed by atoms with E-state index in [1.807, 2.05) is 0 Å². The number of ether oxygens (including phenoxy) is 1. The monoisotopic (exact) mass is 299 g/mol. The van der Waals surface area contributed by atoms with Crippen molar-refractivity contribution in [3.05, 3.63) is 19.3 Å². The van der Waals surface area contributed by atoms with Gasteiger partial charge in [-0.25, -0.2) is 0 Å². The van der Waals surface area contributed by atoms with E-state index in [0.717, 1.165) is 0 Å². The van der Waals surface area contributed by atoms with Gasteiger partial charge in [-0.2, -0.15) is 0 Å². The van der Waals surface area contributed by atoms with Gasteiger partial charge in [-0.3, -0.25) is 4.79 Å². The summed E-state index contributed by atoms with van der Waals surface area (Å²) in [7, 11) is 0. The van der Waals surface area contributed by atoms with Crippen molar-refractivity contribution in [2.75, 3.05) is 13.2 Å². The van der Waals surface area contributed by atoms with Gasteiger partial charge < -0.3 is 9.64 Å². The molecule has 7 heteroatoms. The summed E-state index contributed by atoms with van der Waals surface area (Å²) in [5.41, 5.74) is 0. The van der Waals surface area contributed by atoms with Gasteiger partial charge in [-0.05, 0) is 0 Å². The lowest BCUT2D eigenvalue weighted by Crippen LogP contribution is -2.28. The fourth-order valence-electron chi connectivity index (χ4n) is 1.55. The highest BCUT2D eigenvalue weighted by Gasteiger charge is 2.33. The van der Waals surface area contributed by atoms with Crippen molar-refractivity contribution in [2.45, 2.75) is 13.2 Å². The van der Waals surface area contributed by atoms with Crippen LogP contribution < -0.4 is 0 Å². The Bertz CT molecular complexity index is 435. The van der Waals surface area contributed by atoms with Crippen LogP contribution in [0.1, 0.15) is 18.0 Å². The molecule has 0 aromatic carbocycles. The van der Waals surface area contributed by atoms with E-state index in [1.165, 1.54) is 18.3 Å².